The van der Waals surface area contributed by atoms with E-state index in [1.54, 1.807) is 30.1 Å². The molecular formula is C32H40N2O8. The van der Waals surface area contributed by atoms with Gasteiger partial charge >= 0.3 is 5.97 Å². The third-order valence-corrected chi connectivity index (χ3v) is 8.49. The first kappa shape index (κ1) is 29.7. The molecule has 0 aliphatic carbocycles. The van der Waals surface area contributed by atoms with Crippen molar-refractivity contribution in [3.8, 4) is 17.2 Å². The number of likely N-dealkylation sites (tertiary alicyclic amines) is 1. The second kappa shape index (κ2) is 11.5. The van der Waals surface area contributed by atoms with E-state index in [0.29, 0.717) is 54.5 Å². The van der Waals surface area contributed by atoms with Crippen molar-refractivity contribution in [2.45, 2.75) is 65.2 Å². The first-order chi connectivity index (χ1) is 19.9. The number of anilines is 1. The topological polar surface area (TPSA) is 115 Å². The van der Waals surface area contributed by atoms with Crippen LogP contribution in [0.2, 0.25) is 0 Å². The van der Waals surface area contributed by atoms with Gasteiger partial charge in [-0.25, -0.2) is 0 Å². The lowest BCUT2D eigenvalue weighted by atomic mass is 9.84. The van der Waals surface area contributed by atoms with Gasteiger partial charge in [-0.2, -0.15) is 0 Å². The van der Waals surface area contributed by atoms with Crippen LogP contribution >= 0.6 is 0 Å². The van der Waals surface area contributed by atoms with E-state index in [0.717, 1.165) is 11.1 Å². The summed E-state index contributed by atoms with van der Waals surface area (Å²) in [6.07, 6.45) is -1.02. The Balaban J connectivity index is 1.64. The minimum atomic E-state index is -1.13. The molecule has 5 rings (SSSR count). The fourth-order valence-electron chi connectivity index (χ4n) is 6.28. The van der Waals surface area contributed by atoms with Crippen molar-refractivity contribution < 1.29 is 38.4 Å². The van der Waals surface area contributed by atoms with Gasteiger partial charge in [0.1, 0.15) is 24.6 Å². The molecule has 2 amide bonds. The van der Waals surface area contributed by atoms with Crippen molar-refractivity contribution in [2.24, 2.45) is 11.3 Å². The van der Waals surface area contributed by atoms with Gasteiger partial charge in [0.2, 0.25) is 5.91 Å². The number of aliphatic carboxylic acids is 1. The van der Waals surface area contributed by atoms with Gasteiger partial charge in [-0.3, -0.25) is 19.3 Å². The van der Waals surface area contributed by atoms with Crippen LogP contribution in [0.3, 0.4) is 0 Å². The molecular weight excluding hydrogens is 540 g/mol. The maximum atomic E-state index is 14.5. The van der Waals surface area contributed by atoms with Gasteiger partial charge in [-0.05, 0) is 42.9 Å². The Kier molecular flexibility index (Phi) is 8.11. The van der Waals surface area contributed by atoms with E-state index in [1.807, 2.05) is 31.2 Å². The van der Waals surface area contributed by atoms with Crippen molar-refractivity contribution >= 4 is 23.5 Å². The van der Waals surface area contributed by atoms with Gasteiger partial charge in [0.05, 0.1) is 38.3 Å². The first-order valence-electron chi connectivity index (χ1n) is 14.4. The summed E-state index contributed by atoms with van der Waals surface area (Å²) in [6, 6.07) is 9.08. The zero-order valence-electron chi connectivity index (χ0n) is 25.1. The number of para-hydroxylation sites is 1. The molecule has 3 aliphatic rings. The first-order valence-corrected chi connectivity index (χ1v) is 14.4. The number of hydrogen-bond acceptors (Lipinski definition) is 7. The van der Waals surface area contributed by atoms with E-state index in [9.17, 15) is 19.5 Å². The number of amides is 2. The molecule has 0 radical (unpaired) electrons. The van der Waals surface area contributed by atoms with Crippen molar-refractivity contribution in [3.63, 3.8) is 0 Å². The van der Waals surface area contributed by atoms with E-state index in [4.69, 9.17) is 18.9 Å². The fraction of sp³-hybridized carbons (Fsp3) is 0.531. The lowest BCUT2D eigenvalue weighted by Gasteiger charge is -2.44. The Labute approximate surface area is 246 Å². The third kappa shape index (κ3) is 5.40. The molecule has 3 aliphatic heterocycles. The maximum Gasteiger partial charge on any atom is 0.308 e. The predicted octanol–water partition coefficient (Wildman–Crippen LogP) is 4.35. The number of methoxy groups -OCH3 is 2. The monoisotopic (exact) mass is 580 g/mol. The zero-order valence-corrected chi connectivity index (χ0v) is 25.1. The maximum absolute atomic E-state index is 14.5. The standard InChI is InChI=1S/C32H40N2O8/c1-18-13-21-27-23(14-18)41-17-25(32(2,3)4)34(27)30(36)24(15-26(35)33-12-8-9-19(16-33)31(37)38)42-28(21)20-10-7-11-22(39-5)29(20)40-6/h7,10-11,13-14,19,24-25,28H,8-9,12,15-17H2,1-6H3,(H,37,38)/t19-,24-,25+,28-/m1/s1. The normalized spacial score (nSPS) is 23.9. The summed E-state index contributed by atoms with van der Waals surface area (Å²) in [5.41, 5.74) is 2.60. The molecule has 0 saturated carbocycles. The highest BCUT2D eigenvalue weighted by Crippen LogP contribution is 2.51. The average molecular weight is 581 g/mol. The van der Waals surface area contributed by atoms with Gasteiger partial charge < -0.3 is 29.0 Å². The molecule has 2 aromatic carbocycles. The Morgan fingerprint density at radius 1 is 1.12 bits per heavy atom. The molecule has 0 unspecified atom stereocenters. The summed E-state index contributed by atoms with van der Waals surface area (Å²) in [5, 5.41) is 9.56. The lowest BCUT2D eigenvalue weighted by molar-refractivity contribution is -0.149. The summed E-state index contributed by atoms with van der Waals surface area (Å²) in [6.45, 7) is 9.00. The number of hydrogen-bond donors (Lipinski definition) is 1. The summed E-state index contributed by atoms with van der Waals surface area (Å²) < 4.78 is 24.4. The van der Waals surface area contributed by atoms with Crippen molar-refractivity contribution in [3.05, 3.63) is 47.0 Å². The van der Waals surface area contributed by atoms with Crippen LogP contribution in [0.1, 0.15) is 62.8 Å². The Bertz CT molecular complexity index is 1380. The number of nitrogens with zero attached hydrogens (tertiary/aromatic N) is 2. The van der Waals surface area contributed by atoms with Crippen molar-refractivity contribution in [1.82, 2.24) is 4.90 Å². The van der Waals surface area contributed by atoms with Crippen LogP contribution in [-0.4, -0.2) is 73.9 Å². The van der Waals surface area contributed by atoms with Gasteiger partial charge in [0.25, 0.3) is 5.91 Å². The lowest BCUT2D eigenvalue weighted by Crippen LogP contribution is -2.56. The predicted molar refractivity (Wildman–Crippen MR) is 155 cm³/mol. The van der Waals surface area contributed by atoms with E-state index < -0.39 is 24.1 Å². The summed E-state index contributed by atoms with van der Waals surface area (Å²) >= 11 is 0. The summed E-state index contributed by atoms with van der Waals surface area (Å²) in [7, 11) is 3.11. The van der Waals surface area contributed by atoms with E-state index in [2.05, 4.69) is 20.8 Å². The van der Waals surface area contributed by atoms with Crippen molar-refractivity contribution in [1.29, 1.82) is 0 Å². The molecule has 226 valence electrons. The molecule has 10 nitrogen and oxygen atoms in total. The largest absolute Gasteiger partial charge is 0.493 e. The molecule has 3 heterocycles. The Hall–Kier alpha value is -3.79. The number of carboxylic acid groups (broad SMARTS) is 1. The third-order valence-electron chi connectivity index (χ3n) is 8.49. The van der Waals surface area contributed by atoms with E-state index in [1.165, 1.54) is 0 Å². The molecule has 42 heavy (non-hydrogen) atoms. The quantitative estimate of drug-likeness (QED) is 0.536. The van der Waals surface area contributed by atoms with Crippen LogP contribution in [0.4, 0.5) is 5.69 Å². The van der Waals surface area contributed by atoms with Crippen LogP contribution in [0.25, 0.3) is 0 Å². The fourth-order valence-corrected chi connectivity index (χ4v) is 6.28. The average Bonchev–Trinajstić information content (AvgIpc) is 3.07. The van der Waals surface area contributed by atoms with E-state index >= 15 is 0 Å². The minimum absolute atomic E-state index is 0.119. The van der Waals surface area contributed by atoms with Gasteiger partial charge in [-0.1, -0.05) is 39.0 Å². The molecule has 1 fully saturated rings. The molecule has 4 atom stereocenters. The van der Waals surface area contributed by atoms with Crippen LogP contribution in [0, 0.1) is 18.3 Å². The molecule has 0 bridgehead atoms. The van der Waals surface area contributed by atoms with Gasteiger partial charge in [0, 0.05) is 24.2 Å². The second-order valence-electron chi connectivity index (χ2n) is 12.4. The number of piperidine rings is 1. The number of rotatable bonds is 6. The number of aryl methyl sites for hydroxylation is 1. The summed E-state index contributed by atoms with van der Waals surface area (Å²) in [4.78, 5) is 43.2. The van der Waals surface area contributed by atoms with Crippen LogP contribution in [-0.2, 0) is 19.1 Å². The number of carbonyl (C=O) groups is 3. The number of carbonyl (C=O) groups excluding carboxylic acids is 2. The molecule has 10 heteroatoms. The van der Waals surface area contributed by atoms with Crippen LogP contribution < -0.4 is 19.1 Å². The molecule has 0 spiro atoms. The van der Waals surface area contributed by atoms with Gasteiger partial charge in [0.15, 0.2) is 11.5 Å². The molecule has 2 aromatic rings. The van der Waals surface area contributed by atoms with Crippen molar-refractivity contribution in [2.75, 3.05) is 38.8 Å². The number of carboxylic acids is 1. The Morgan fingerprint density at radius 2 is 1.88 bits per heavy atom. The zero-order chi connectivity index (χ0) is 30.3. The highest BCUT2D eigenvalue weighted by Gasteiger charge is 2.48. The molecule has 0 aromatic heterocycles. The Morgan fingerprint density at radius 3 is 2.55 bits per heavy atom. The number of benzene rings is 2. The highest BCUT2D eigenvalue weighted by molar-refractivity contribution is 6.02. The minimum Gasteiger partial charge on any atom is -0.493 e. The molecule has 1 saturated heterocycles. The van der Waals surface area contributed by atoms with E-state index in [-0.39, 0.29) is 36.2 Å². The number of ether oxygens (including phenoxy) is 4. The van der Waals surface area contributed by atoms with Crippen LogP contribution in [0.5, 0.6) is 17.2 Å². The molecule has 1 N–H and O–H groups in total. The van der Waals surface area contributed by atoms with Gasteiger partial charge in [-0.15, -0.1) is 0 Å². The second-order valence-corrected chi connectivity index (χ2v) is 12.4. The van der Waals surface area contributed by atoms with Crippen LogP contribution in [0.15, 0.2) is 30.3 Å². The summed E-state index contributed by atoms with van der Waals surface area (Å²) in [5.74, 6) is -0.609. The smallest absolute Gasteiger partial charge is 0.308 e. The SMILES string of the molecule is COc1cccc([C@H]2O[C@H](CC(=O)N3CCC[C@@H](C(=O)O)C3)C(=O)N3c4c(cc(C)cc42)OC[C@H]3C(C)(C)C)c1OC. The highest BCUT2D eigenvalue weighted by atomic mass is 16.5.